The molecule has 5 heteroatoms. The van der Waals surface area contributed by atoms with E-state index in [1.807, 2.05) is 59.5 Å². The number of hydrogen-bond acceptors (Lipinski definition) is 3. The van der Waals surface area contributed by atoms with Gasteiger partial charge in [0.1, 0.15) is 11.5 Å². The van der Waals surface area contributed by atoms with Crippen LogP contribution in [0.4, 0.5) is 0 Å². The molecule has 3 rings (SSSR count). The second kappa shape index (κ2) is 7.89. The van der Waals surface area contributed by atoms with E-state index in [-0.39, 0.29) is 29.8 Å². The molecule has 2 aromatic rings. The molecule has 0 spiro atoms. The number of carbonyl (C=O) groups is 1. The molecular weight excluding hydrogens is 336 g/mol. The van der Waals surface area contributed by atoms with Crippen LogP contribution in [0.15, 0.2) is 54.6 Å². The van der Waals surface area contributed by atoms with Crippen molar-refractivity contribution in [1.82, 2.24) is 4.90 Å². The summed E-state index contributed by atoms with van der Waals surface area (Å²) < 4.78 is 5.76. The van der Waals surface area contributed by atoms with E-state index in [1.54, 1.807) is 0 Å². The number of ether oxygens (including phenoxy) is 1. The molecule has 2 N–H and O–H groups in total. The van der Waals surface area contributed by atoms with Crippen molar-refractivity contribution in [2.45, 2.75) is 26.3 Å². The van der Waals surface area contributed by atoms with Crippen LogP contribution in [0.2, 0.25) is 0 Å². The number of piperidine rings is 1. The maximum Gasteiger partial charge on any atom is 0.253 e. The van der Waals surface area contributed by atoms with Crippen LogP contribution < -0.4 is 10.5 Å². The lowest BCUT2D eigenvalue weighted by atomic mass is 9.79. The minimum atomic E-state index is -0.0513. The maximum absolute atomic E-state index is 12.7. The van der Waals surface area contributed by atoms with E-state index in [0.29, 0.717) is 18.7 Å². The van der Waals surface area contributed by atoms with Gasteiger partial charge >= 0.3 is 0 Å². The van der Waals surface area contributed by atoms with Crippen molar-refractivity contribution in [1.29, 1.82) is 0 Å². The van der Waals surface area contributed by atoms with E-state index in [2.05, 4.69) is 13.8 Å². The smallest absolute Gasteiger partial charge is 0.253 e. The number of halogens is 1. The molecule has 0 aromatic heterocycles. The van der Waals surface area contributed by atoms with Gasteiger partial charge in [-0.2, -0.15) is 0 Å². The van der Waals surface area contributed by atoms with Gasteiger partial charge in [0, 0.05) is 24.7 Å². The fraction of sp³-hybridized carbons (Fsp3) is 0.350. The van der Waals surface area contributed by atoms with Crippen LogP contribution in [0, 0.1) is 5.41 Å². The normalized spacial score (nSPS) is 19.0. The van der Waals surface area contributed by atoms with Crippen molar-refractivity contribution < 1.29 is 9.53 Å². The molecule has 0 bridgehead atoms. The monoisotopic (exact) mass is 360 g/mol. The first-order valence-corrected chi connectivity index (χ1v) is 8.33. The Morgan fingerprint density at radius 2 is 1.68 bits per heavy atom. The highest BCUT2D eigenvalue weighted by atomic mass is 35.5. The Bertz CT molecular complexity index is 701. The van der Waals surface area contributed by atoms with Gasteiger partial charge in [0.15, 0.2) is 0 Å². The van der Waals surface area contributed by atoms with E-state index >= 15 is 0 Å². The number of rotatable bonds is 3. The predicted octanol–water partition coefficient (Wildman–Crippen LogP) is 4.10. The molecule has 134 valence electrons. The maximum atomic E-state index is 12.7. The van der Waals surface area contributed by atoms with Crippen molar-refractivity contribution >= 4 is 18.3 Å². The van der Waals surface area contributed by atoms with Crippen LogP contribution in [-0.4, -0.2) is 29.9 Å². The van der Waals surface area contributed by atoms with E-state index in [0.717, 1.165) is 17.9 Å². The van der Waals surface area contributed by atoms with Crippen LogP contribution in [0.3, 0.4) is 0 Å². The first-order chi connectivity index (χ1) is 11.5. The second-order valence-electron chi connectivity index (χ2n) is 7.05. The van der Waals surface area contributed by atoms with E-state index in [4.69, 9.17) is 10.5 Å². The molecule has 1 unspecified atom stereocenters. The van der Waals surface area contributed by atoms with Crippen molar-refractivity contribution in [3.63, 3.8) is 0 Å². The number of amides is 1. The van der Waals surface area contributed by atoms with Crippen LogP contribution in [0.5, 0.6) is 11.5 Å². The number of nitrogens with two attached hydrogens (primary N) is 1. The average Bonchev–Trinajstić information content (AvgIpc) is 2.58. The number of carbonyl (C=O) groups excluding carboxylic acids is 1. The quantitative estimate of drug-likeness (QED) is 0.896. The van der Waals surface area contributed by atoms with Crippen LogP contribution in [-0.2, 0) is 0 Å². The molecule has 1 aliphatic heterocycles. The zero-order valence-electron chi connectivity index (χ0n) is 14.6. The van der Waals surface area contributed by atoms with Gasteiger partial charge in [-0.3, -0.25) is 4.79 Å². The summed E-state index contributed by atoms with van der Waals surface area (Å²) in [7, 11) is 0. The Balaban J connectivity index is 0.00000225. The molecule has 0 radical (unpaired) electrons. The molecule has 1 atom stereocenters. The fourth-order valence-electron chi connectivity index (χ4n) is 3.02. The largest absolute Gasteiger partial charge is 0.457 e. The number of hydrogen-bond donors (Lipinski definition) is 1. The lowest BCUT2D eigenvalue weighted by Crippen LogP contribution is -2.53. The van der Waals surface area contributed by atoms with Gasteiger partial charge in [-0.15, -0.1) is 12.4 Å². The minimum Gasteiger partial charge on any atom is -0.457 e. The number of para-hydroxylation sites is 1. The van der Waals surface area contributed by atoms with Gasteiger partial charge in [-0.25, -0.2) is 0 Å². The lowest BCUT2D eigenvalue weighted by molar-refractivity contribution is 0.0533. The Morgan fingerprint density at radius 1 is 1.08 bits per heavy atom. The first kappa shape index (κ1) is 19.3. The number of nitrogens with zero attached hydrogens (tertiary/aromatic N) is 1. The standard InChI is InChI=1S/C20H24N2O2.ClH/c1-20(2)14-22(13-12-18(20)21)19(23)15-8-10-17(11-9-15)24-16-6-4-3-5-7-16;/h3-11,18H,12-14,21H2,1-2H3;1H. The van der Waals surface area contributed by atoms with Crippen LogP contribution in [0.25, 0.3) is 0 Å². The van der Waals surface area contributed by atoms with Crippen molar-refractivity contribution in [2.24, 2.45) is 11.1 Å². The summed E-state index contributed by atoms with van der Waals surface area (Å²) >= 11 is 0. The van der Waals surface area contributed by atoms with E-state index in [1.165, 1.54) is 0 Å². The third-order valence-electron chi connectivity index (χ3n) is 4.68. The zero-order valence-corrected chi connectivity index (χ0v) is 15.5. The molecular formula is C20H25ClN2O2. The Kier molecular flexibility index (Phi) is 6.09. The summed E-state index contributed by atoms with van der Waals surface area (Å²) in [5, 5.41) is 0. The van der Waals surface area contributed by atoms with Crippen molar-refractivity contribution in [2.75, 3.05) is 13.1 Å². The highest BCUT2D eigenvalue weighted by Crippen LogP contribution is 2.29. The summed E-state index contributed by atoms with van der Waals surface area (Å²) in [6, 6.07) is 17.1. The molecule has 0 aliphatic carbocycles. The number of benzene rings is 2. The van der Waals surface area contributed by atoms with Gasteiger partial charge < -0.3 is 15.4 Å². The van der Waals surface area contributed by atoms with Gasteiger partial charge in [0.2, 0.25) is 0 Å². The molecule has 1 amide bonds. The van der Waals surface area contributed by atoms with Crippen molar-refractivity contribution in [3.8, 4) is 11.5 Å². The highest BCUT2D eigenvalue weighted by Gasteiger charge is 2.35. The number of likely N-dealkylation sites (tertiary alicyclic amines) is 1. The molecule has 1 saturated heterocycles. The topological polar surface area (TPSA) is 55.6 Å². The summed E-state index contributed by atoms with van der Waals surface area (Å²) in [5.41, 5.74) is 6.78. The SMILES string of the molecule is CC1(C)CN(C(=O)c2ccc(Oc3ccccc3)cc2)CCC1N.Cl. The summed E-state index contributed by atoms with van der Waals surface area (Å²) in [6.45, 7) is 5.64. The van der Waals surface area contributed by atoms with Gasteiger partial charge in [0.25, 0.3) is 5.91 Å². The summed E-state index contributed by atoms with van der Waals surface area (Å²) in [5.74, 6) is 1.56. The Labute approximate surface area is 155 Å². The van der Waals surface area contributed by atoms with Gasteiger partial charge in [-0.1, -0.05) is 32.0 Å². The van der Waals surface area contributed by atoms with E-state index in [9.17, 15) is 4.79 Å². The zero-order chi connectivity index (χ0) is 17.2. The van der Waals surface area contributed by atoms with Crippen molar-refractivity contribution in [3.05, 3.63) is 60.2 Å². The summed E-state index contributed by atoms with van der Waals surface area (Å²) in [6.07, 6.45) is 0.841. The Hall–Kier alpha value is -2.04. The minimum absolute atomic E-state index is 0. The van der Waals surface area contributed by atoms with Crippen LogP contribution >= 0.6 is 12.4 Å². The molecule has 0 saturated carbocycles. The van der Waals surface area contributed by atoms with Gasteiger partial charge in [-0.05, 0) is 48.2 Å². The Morgan fingerprint density at radius 3 is 2.28 bits per heavy atom. The predicted molar refractivity (Wildman–Crippen MR) is 102 cm³/mol. The molecule has 4 nitrogen and oxygen atoms in total. The highest BCUT2D eigenvalue weighted by molar-refractivity contribution is 5.94. The van der Waals surface area contributed by atoms with Gasteiger partial charge in [0.05, 0.1) is 0 Å². The second-order valence-corrected chi connectivity index (χ2v) is 7.05. The molecule has 1 aliphatic rings. The average molecular weight is 361 g/mol. The summed E-state index contributed by atoms with van der Waals surface area (Å²) in [4.78, 5) is 14.6. The lowest BCUT2D eigenvalue weighted by Gasteiger charge is -2.42. The molecule has 25 heavy (non-hydrogen) atoms. The van der Waals surface area contributed by atoms with E-state index < -0.39 is 0 Å². The first-order valence-electron chi connectivity index (χ1n) is 8.33. The van der Waals surface area contributed by atoms with Crippen LogP contribution in [0.1, 0.15) is 30.6 Å². The molecule has 2 aromatic carbocycles. The molecule has 1 fully saturated rings. The molecule has 1 heterocycles. The third kappa shape index (κ3) is 4.53. The fourth-order valence-corrected chi connectivity index (χ4v) is 3.02. The third-order valence-corrected chi connectivity index (χ3v) is 4.68.